The zero-order valence-electron chi connectivity index (χ0n) is 10.8. The predicted molar refractivity (Wildman–Crippen MR) is 72.6 cm³/mol. The van der Waals surface area contributed by atoms with Crippen molar-refractivity contribution in [3.63, 3.8) is 0 Å². The van der Waals surface area contributed by atoms with E-state index in [-0.39, 0.29) is 0 Å². The molecule has 0 aliphatic carbocycles. The maximum atomic E-state index is 5.48. The molecule has 0 fully saturated rings. The second-order valence-electron chi connectivity index (χ2n) is 3.85. The van der Waals surface area contributed by atoms with E-state index in [1.807, 2.05) is 12.1 Å². The molecule has 0 spiro atoms. The van der Waals surface area contributed by atoms with Gasteiger partial charge >= 0.3 is 0 Å². The van der Waals surface area contributed by atoms with Gasteiger partial charge in [-0.3, -0.25) is 0 Å². The maximum Gasteiger partial charge on any atom is 0.127 e. The third kappa shape index (κ3) is 6.12. The van der Waals surface area contributed by atoms with Crippen LogP contribution in [0, 0.1) is 0 Å². The number of unbranched alkanes of at least 4 members (excludes halogenated alkanes) is 1. The molecule has 1 rings (SSSR count). The number of rotatable bonds is 9. The molecule has 96 valence electrons. The number of hydrogen-bond acceptors (Lipinski definition) is 4. The van der Waals surface area contributed by atoms with Gasteiger partial charge in [0.05, 0.1) is 6.61 Å². The molecule has 0 aliphatic heterocycles. The second kappa shape index (κ2) is 8.82. The molecule has 0 atom stereocenters. The first kappa shape index (κ1) is 13.8. The molecule has 4 nitrogen and oxygen atoms in total. The second-order valence-corrected chi connectivity index (χ2v) is 3.85. The summed E-state index contributed by atoms with van der Waals surface area (Å²) in [5.41, 5.74) is 1.08. The Balaban J connectivity index is 2.19. The summed E-state index contributed by atoms with van der Waals surface area (Å²) in [6, 6.07) is 3.97. The van der Waals surface area contributed by atoms with Crippen molar-refractivity contribution in [1.82, 2.24) is 4.98 Å². The van der Waals surface area contributed by atoms with Crippen LogP contribution in [-0.4, -0.2) is 31.3 Å². The number of ether oxygens (including phenoxy) is 1. The smallest absolute Gasteiger partial charge is 0.127 e. The predicted octanol–water partition coefficient (Wildman–Crippen LogP) is 2.74. The van der Waals surface area contributed by atoms with Crippen LogP contribution in [0.4, 0.5) is 11.5 Å². The number of hydrogen-bond donors (Lipinski definition) is 2. The molecular formula is C13H23N3O. The van der Waals surface area contributed by atoms with Crippen LogP contribution in [0.2, 0.25) is 0 Å². The Hall–Kier alpha value is -1.29. The van der Waals surface area contributed by atoms with Gasteiger partial charge < -0.3 is 15.4 Å². The fourth-order valence-electron chi connectivity index (χ4n) is 1.43. The molecule has 0 unspecified atom stereocenters. The van der Waals surface area contributed by atoms with E-state index in [1.165, 1.54) is 6.42 Å². The first-order valence-corrected chi connectivity index (χ1v) is 6.38. The van der Waals surface area contributed by atoms with Gasteiger partial charge in [0.2, 0.25) is 0 Å². The molecule has 0 aromatic carbocycles. The third-order valence-electron chi connectivity index (χ3n) is 2.34. The van der Waals surface area contributed by atoms with Crippen molar-refractivity contribution in [2.75, 3.05) is 36.9 Å². The molecule has 2 N–H and O–H groups in total. The van der Waals surface area contributed by atoms with Gasteiger partial charge in [-0.05, 0) is 19.4 Å². The Bertz CT molecular complexity index is 304. The fourth-order valence-corrected chi connectivity index (χ4v) is 1.43. The van der Waals surface area contributed by atoms with Crippen molar-refractivity contribution in [3.8, 4) is 0 Å². The molecule has 1 heterocycles. The summed E-state index contributed by atoms with van der Waals surface area (Å²) in [6.07, 6.45) is 4.13. The van der Waals surface area contributed by atoms with E-state index in [2.05, 4.69) is 29.5 Å². The van der Waals surface area contributed by atoms with E-state index in [0.29, 0.717) is 0 Å². The van der Waals surface area contributed by atoms with E-state index >= 15 is 0 Å². The number of nitrogens with zero attached hydrogens (tertiary/aromatic N) is 1. The maximum absolute atomic E-state index is 5.48. The molecule has 0 aliphatic rings. The molecule has 0 saturated heterocycles. The summed E-state index contributed by atoms with van der Waals surface area (Å²) in [5, 5.41) is 6.50. The summed E-state index contributed by atoms with van der Waals surface area (Å²) < 4.78 is 5.48. The molecule has 17 heavy (non-hydrogen) atoms. The summed E-state index contributed by atoms with van der Waals surface area (Å²) >= 11 is 0. The van der Waals surface area contributed by atoms with E-state index in [9.17, 15) is 0 Å². The van der Waals surface area contributed by atoms with E-state index in [1.54, 1.807) is 6.20 Å². The molecule has 1 aromatic heterocycles. The van der Waals surface area contributed by atoms with Gasteiger partial charge in [-0.1, -0.05) is 13.3 Å². The summed E-state index contributed by atoms with van der Waals surface area (Å²) in [6.45, 7) is 7.55. The van der Waals surface area contributed by atoms with Gasteiger partial charge in [-0.2, -0.15) is 0 Å². The highest BCUT2D eigenvalue weighted by atomic mass is 16.5. The van der Waals surface area contributed by atoms with Crippen LogP contribution in [-0.2, 0) is 4.74 Å². The quantitative estimate of drug-likeness (QED) is 0.648. The lowest BCUT2D eigenvalue weighted by Gasteiger charge is -2.08. The van der Waals surface area contributed by atoms with Crippen LogP contribution >= 0.6 is 0 Å². The molecule has 4 heteroatoms. The van der Waals surface area contributed by atoms with E-state index < -0.39 is 0 Å². The third-order valence-corrected chi connectivity index (χ3v) is 2.34. The minimum Gasteiger partial charge on any atom is -0.383 e. The van der Waals surface area contributed by atoms with Gasteiger partial charge in [0, 0.05) is 37.6 Å². The fraction of sp³-hybridized carbons (Fsp3) is 0.615. The number of pyridine rings is 1. The van der Waals surface area contributed by atoms with Crippen LogP contribution < -0.4 is 10.6 Å². The van der Waals surface area contributed by atoms with Gasteiger partial charge in [-0.25, -0.2) is 4.98 Å². The van der Waals surface area contributed by atoms with Gasteiger partial charge in [0.25, 0.3) is 0 Å². The van der Waals surface area contributed by atoms with Crippen LogP contribution in [0.25, 0.3) is 0 Å². The SMILES string of the molecule is CCCCOCCNc1ccnc(NCC)c1. The van der Waals surface area contributed by atoms with E-state index in [4.69, 9.17) is 4.74 Å². The largest absolute Gasteiger partial charge is 0.383 e. The van der Waals surface area contributed by atoms with Crippen molar-refractivity contribution in [1.29, 1.82) is 0 Å². The summed E-state index contributed by atoms with van der Waals surface area (Å²) in [7, 11) is 0. The van der Waals surface area contributed by atoms with Crippen molar-refractivity contribution in [2.24, 2.45) is 0 Å². The van der Waals surface area contributed by atoms with Gasteiger partial charge in [0.1, 0.15) is 5.82 Å². The monoisotopic (exact) mass is 237 g/mol. The van der Waals surface area contributed by atoms with E-state index in [0.717, 1.165) is 44.2 Å². The lowest BCUT2D eigenvalue weighted by Crippen LogP contribution is -2.10. The Morgan fingerprint density at radius 2 is 2.12 bits per heavy atom. The molecular weight excluding hydrogens is 214 g/mol. The van der Waals surface area contributed by atoms with Crippen LogP contribution in [0.5, 0.6) is 0 Å². The van der Waals surface area contributed by atoms with Crippen molar-refractivity contribution < 1.29 is 4.74 Å². The average Bonchev–Trinajstić information content (AvgIpc) is 2.35. The zero-order valence-corrected chi connectivity index (χ0v) is 10.8. The average molecular weight is 237 g/mol. The first-order valence-electron chi connectivity index (χ1n) is 6.38. The molecule has 0 radical (unpaired) electrons. The lowest BCUT2D eigenvalue weighted by molar-refractivity contribution is 0.141. The van der Waals surface area contributed by atoms with Crippen molar-refractivity contribution in [3.05, 3.63) is 18.3 Å². The molecule has 1 aromatic rings. The topological polar surface area (TPSA) is 46.2 Å². The highest BCUT2D eigenvalue weighted by Crippen LogP contribution is 2.10. The van der Waals surface area contributed by atoms with Crippen LogP contribution in [0.1, 0.15) is 26.7 Å². The van der Waals surface area contributed by atoms with Gasteiger partial charge in [-0.15, -0.1) is 0 Å². The number of nitrogens with one attached hydrogen (secondary N) is 2. The molecule has 0 bridgehead atoms. The highest BCUT2D eigenvalue weighted by molar-refractivity contribution is 5.51. The van der Waals surface area contributed by atoms with Gasteiger partial charge in [0.15, 0.2) is 0 Å². The molecule has 0 saturated carbocycles. The Morgan fingerprint density at radius 3 is 2.88 bits per heavy atom. The Morgan fingerprint density at radius 1 is 1.24 bits per heavy atom. The normalized spacial score (nSPS) is 10.2. The number of anilines is 2. The highest BCUT2D eigenvalue weighted by Gasteiger charge is 1.95. The Labute approximate surface area is 104 Å². The van der Waals surface area contributed by atoms with Crippen LogP contribution in [0.15, 0.2) is 18.3 Å². The minimum atomic E-state index is 0.749. The zero-order chi connectivity index (χ0) is 12.3. The number of aromatic nitrogens is 1. The Kier molecular flexibility index (Phi) is 7.14. The lowest BCUT2D eigenvalue weighted by atomic mass is 10.3. The minimum absolute atomic E-state index is 0.749. The molecule has 0 amide bonds. The summed E-state index contributed by atoms with van der Waals surface area (Å²) in [5.74, 6) is 0.907. The van der Waals surface area contributed by atoms with Crippen molar-refractivity contribution >= 4 is 11.5 Å². The van der Waals surface area contributed by atoms with Crippen molar-refractivity contribution in [2.45, 2.75) is 26.7 Å². The standard InChI is InChI=1S/C13H23N3O/c1-3-5-9-17-10-8-15-12-6-7-16-13(11-12)14-4-2/h6-7,11H,3-5,8-10H2,1-2H3,(H2,14,15,16). The first-order chi connectivity index (χ1) is 8.36. The summed E-state index contributed by atoms with van der Waals surface area (Å²) in [4.78, 5) is 4.22. The van der Waals surface area contributed by atoms with Crippen LogP contribution in [0.3, 0.4) is 0 Å².